The topological polar surface area (TPSA) is 128 Å². The fourth-order valence-electron chi connectivity index (χ4n) is 6.06. The number of imide groups is 1. The van der Waals surface area contributed by atoms with Crippen molar-refractivity contribution in [2.75, 3.05) is 0 Å². The van der Waals surface area contributed by atoms with Crippen molar-refractivity contribution in [3.05, 3.63) is 0 Å². The largest absolute Gasteiger partial charge is 0.450 e. The van der Waals surface area contributed by atoms with Crippen LogP contribution in [-0.2, 0) is 19.1 Å². The number of hydrogen-bond donors (Lipinski definition) is 3. The average Bonchev–Trinajstić information content (AvgIpc) is 2.61. The minimum absolute atomic E-state index is 0.0556. The lowest BCUT2D eigenvalue weighted by molar-refractivity contribution is -0.164. The number of ether oxygens (including phenoxy) is 1. The number of urea groups is 1. The third kappa shape index (κ3) is 4.62. The molecule has 4 bridgehead atoms. The molecule has 4 fully saturated rings. The highest BCUT2D eigenvalue weighted by Crippen LogP contribution is 2.60. The number of carbonyl (C=O) groups is 4. The molecule has 4 aliphatic rings. The Labute approximate surface area is 178 Å². The van der Waals surface area contributed by atoms with Gasteiger partial charge in [0.1, 0.15) is 6.04 Å². The molecule has 30 heavy (non-hydrogen) atoms. The molecule has 4 aliphatic carbocycles. The number of amides is 4. The van der Waals surface area contributed by atoms with Crippen LogP contribution in [0.3, 0.4) is 0 Å². The van der Waals surface area contributed by atoms with E-state index in [9.17, 15) is 19.2 Å². The Kier molecular flexibility index (Phi) is 6.43. The highest BCUT2D eigenvalue weighted by molar-refractivity contribution is 5.97. The van der Waals surface area contributed by atoms with Crippen molar-refractivity contribution in [1.82, 2.24) is 10.6 Å². The maximum absolute atomic E-state index is 13.4. The lowest BCUT2D eigenvalue weighted by atomic mass is 9.49. The molecule has 0 aromatic carbocycles. The van der Waals surface area contributed by atoms with Crippen molar-refractivity contribution in [2.24, 2.45) is 40.7 Å². The Balaban J connectivity index is 1.69. The number of esters is 1. The summed E-state index contributed by atoms with van der Waals surface area (Å²) in [5.74, 6) is -0.192. The minimum Gasteiger partial charge on any atom is -0.450 e. The average molecular weight is 422 g/mol. The van der Waals surface area contributed by atoms with Crippen LogP contribution in [0, 0.1) is 35.0 Å². The molecule has 4 N–H and O–H groups in total. The lowest BCUT2D eigenvalue weighted by Crippen LogP contribution is -2.58. The molecule has 8 heteroatoms. The number of carbonyl (C=O) groups excluding carboxylic acids is 4. The zero-order chi connectivity index (χ0) is 22.2. The van der Waals surface area contributed by atoms with E-state index in [1.54, 1.807) is 13.8 Å². The van der Waals surface area contributed by atoms with Crippen LogP contribution in [0.2, 0.25) is 0 Å². The van der Waals surface area contributed by atoms with E-state index >= 15 is 0 Å². The fraction of sp³-hybridized carbons (Fsp3) is 0.818. The van der Waals surface area contributed by atoms with E-state index in [-0.39, 0.29) is 23.2 Å². The van der Waals surface area contributed by atoms with Gasteiger partial charge in [0, 0.05) is 5.41 Å². The van der Waals surface area contributed by atoms with Gasteiger partial charge in [-0.25, -0.2) is 9.59 Å². The number of rotatable bonds is 7. The van der Waals surface area contributed by atoms with Gasteiger partial charge in [-0.3, -0.25) is 14.9 Å². The van der Waals surface area contributed by atoms with Gasteiger partial charge in [0.15, 0.2) is 6.10 Å². The van der Waals surface area contributed by atoms with E-state index < -0.39 is 30.1 Å². The van der Waals surface area contributed by atoms with Crippen LogP contribution in [0.4, 0.5) is 4.79 Å². The van der Waals surface area contributed by atoms with Crippen molar-refractivity contribution < 1.29 is 23.9 Å². The summed E-state index contributed by atoms with van der Waals surface area (Å²) in [4.78, 5) is 49.5. The second-order valence-electron chi connectivity index (χ2n) is 10.3. The van der Waals surface area contributed by atoms with Crippen molar-refractivity contribution in [1.29, 1.82) is 0 Å². The molecule has 0 aromatic rings. The molecule has 0 aliphatic heterocycles. The van der Waals surface area contributed by atoms with Gasteiger partial charge in [-0.2, -0.15) is 0 Å². The number of hydrogen-bond acceptors (Lipinski definition) is 5. The van der Waals surface area contributed by atoms with Crippen molar-refractivity contribution in [3.63, 3.8) is 0 Å². The van der Waals surface area contributed by atoms with E-state index in [1.807, 2.05) is 19.2 Å². The summed E-state index contributed by atoms with van der Waals surface area (Å²) in [6, 6.07) is -1.86. The molecular weight excluding hydrogens is 386 g/mol. The molecular formula is C22H35N3O5. The van der Waals surface area contributed by atoms with Crippen LogP contribution in [0.25, 0.3) is 0 Å². The second-order valence-corrected chi connectivity index (χ2v) is 10.3. The van der Waals surface area contributed by atoms with Crippen LogP contribution in [0.5, 0.6) is 0 Å². The van der Waals surface area contributed by atoms with Gasteiger partial charge in [-0.1, -0.05) is 27.7 Å². The Morgan fingerprint density at radius 3 is 1.80 bits per heavy atom. The zero-order valence-electron chi connectivity index (χ0n) is 18.4. The lowest BCUT2D eigenvalue weighted by Gasteiger charge is -2.55. The highest BCUT2D eigenvalue weighted by Gasteiger charge is 2.55. The molecule has 2 atom stereocenters. The van der Waals surface area contributed by atoms with Gasteiger partial charge >= 0.3 is 12.0 Å². The number of nitrogens with two attached hydrogens (primary N) is 1. The van der Waals surface area contributed by atoms with Gasteiger partial charge < -0.3 is 15.8 Å². The van der Waals surface area contributed by atoms with Crippen LogP contribution >= 0.6 is 0 Å². The maximum atomic E-state index is 13.4. The van der Waals surface area contributed by atoms with E-state index in [0.717, 1.165) is 19.3 Å². The Bertz CT molecular complexity index is 682. The maximum Gasteiger partial charge on any atom is 0.329 e. The van der Waals surface area contributed by atoms with E-state index in [0.29, 0.717) is 17.8 Å². The molecule has 0 aromatic heterocycles. The van der Waals surface area contributed by atoms with Crippen LogP contribution in [0.15, 0.2) is 0 Å². The van der Waals surface area contributed by atoms with Crippen molar-refractivity contribution in [3.8, 4) is 0 Å². The molecule has 0 saturated heterocycles. The molecule has 4 rings (SSSR count). The summed E-state index contributed by atoms with van der Waals surface area (Å²) in [6.45, 7) is 7.08. The van der Waals surface area contributed by atoms with Crippen LogP contribution in [0.1, 0.15) is 66.2 Å². The van der Waals surface area contributed by atoms with Crippen LogP contribution < -0.4 is 16.4 Å². The summed E-state index contributed by atoms with van der Waals surface area (Å²) in [5.41, 5.74) is 4.64. The SMILES string of the molecule is CC(C)[C@H](NC(=O)C12CC3CC(CC(C3)C1)C2)C(=O)O[C@H](C(=O)NC(N)=O)C(C)C. The van der Waals surface area contributed by atoms with Crippen LogP contribution in [-0.4, -0.2) is 36.0 Å². The van der Waals surface area contributed by atoms with Gasteiger partial charge in [0.25, 0.3) is 5.91 Å². The quantitative estimate of drug-likeness (QED) is 0.543. The number of primary amides is 1. The predicted octanol–water partition coefficient (Wildman–Crippen LogP) is 2.11. The molecule has 8 nitrogen and oxygen atoms in total. The van der Waals surface area contributed by atoms with Crippen molar-refractivity contribution >= 4 is 23.8 Å². The molecule has 4 amide bonds. The second kappa shape index (κ2) is 8.55. The first-order valence-electron chi connectivity index (χ1n) is 11.1. The molecule has 4 saturated carbocycles. The molecule has 0 unspecified atom stereocenters. The predicted molar refractivity (Wildman–Crippen MR) is 110 cm³/mol. The Hall–Kier alpha value is -2.12. The van der Waals surface area contributed by atoms with Gasteiger partial charge in [0.2, 0.25) is 5.91 Å². The molecule has 168 valence electrons. The standard InChI is InChI=1S/C22H35N3O5/c1-11(2)16(19(27)30-17(12(3)4)18(26)25-21(23)29)24-20(28)22-8-13-5-14(9-22)7-15(6-13)10-22/h11-17H,5-10H2,1-4H3,(H,24,28)(H3,23,25,26,29)/t13?,14?,15?,16-,17-,22?/m0/s1. The fourth-order valence-corrected chi connectivity index (χ4v) is 6.06. The first-order chi connectivity index (χ1) is 14.0. The monoisotopic (exact) mass is 421 g/mol. The molecule has 0 spiro atoms. The minimum atomic E-state index is -1.16. The third-order valence-corrected chi connectivity index (χ3v) is 7.08. The normalized spacial score (nSPS) is 31.3. The van der Waals surface area contributed by atoms with Gasteiger partial charge in [-0.15, -0.1) is 0 Å². The Morgan fingerprint density at radius 1 is 0.900 bits per heavy atom. The third-order valence-electron chi connectivity index (χ3n) is 7.08. The molecule has 0 heterocycles. The summed E-state index contributed by atoms with van der Waals surface area (Å²) < 4.78 is 5.44. The van der Waals surface area contributed by atoms with E-state index in [4.69, 9.17) is 10.5 Å². The summed E-state index contributed by atoms with van der Waals surface area (Å²) >= 11 is 0. The van der Waals surface area contributed by atoms with Gasteiger partial charge in [-0.05, 0) is 68.1 Å². The van der Waals surface area contributed by atoms with Crippen molar-refractivity contribution in [2.45, 2.75) is 78.4 Å². The number of nitrogens with one attached hydrogen (secondary N) is 2. The van der Waals surface area contributed by atoms with Gasteiger partial charge in [0.05, 0.1) is 0 Å². The summed E-state index contributed by atoms with van der Waals surface area (Å²) in [5, 5.41) is 4.92. The van der Waals surface area contributed by atoms with E-state index in [2.05, 4.69) is 5.32 Å². The van der Waals surface area contributed by atoms with E-state index in [1.165, 1.54) is 19.3 Å². The first kappa shape index (κ1) is 22.6. The highest BCUT2D eigenvalue weighted by atomic mass is 16.6. The zero-order valence-corrected chi connectivity index (χ0v) is 18.4. The first-order valence-corrected chi connectivity index (χ1v) is 11.1. The Morgan fingerprint density at radius 2 is 1.40 bits per heavy atom. The molecule has 0 radical (unpaired) electrons. The summed E-state index contributed by atoms with van der Waals surface area (Å²) in [7, 11) is 0. The summed E-state index contributed by atoms with van der Waals surface area (Å²) in [6.07, 6.45) is 5.23. The smallest absolute Gasteiger partial charge is 0.329 e.